The molecule has 0 aromatic heterocycles. The summed E-state index contributed by atoms with van der Waals surface area (Å²) in [6.07, 6.45) is 0. The van der Waals surface area contributed by atoms with Crippen molar-refractivity contribution >= 4 is 0 Å². The van der Waals surface area contributed by atoms with E-state index in [9.17, 15) is 10.5 Å². The van der Waals surface area contributed by atoms with Crippen LogP contribution in [0, 0.1) is 22.7 Å². The van der Waals surface area contributed by atoms with Crippen LogP contribution in [0.1, 0.15) is 11.1 Å². The summed E-state index contributed by atoms with van der Waals surface area (Å²) in [4.78, 5) is 0. The maximum Gasteiger partial charge on any atom is 0.0991 e. The Kier molecular flexibility index (Phi) is 9.82. The summed E-state index contributed by atoms with van der Waals surface area (Å²) in [5.74, 6) is 0. The van der Waals surface area contributed by atoms with Gasteiger partial charge >= 0.3 is 0 Å². The van der Waals surface area contributed by atoms with Crippen molar-refractivity contribution in [3.05, 3.63) is 230 Å². The zero-order valence-corrected chi connectivity index (χ0v) is 31.7. The number of hydrogen-bond acceptors (Lipinski definition) is 2. The van der Waals surface area contributed by atoms with E-state index in [1.807, 2.05) is 48.5 Å². The van der Waals surface area contributed by atoms with Crippen LogP contribution in [-0.4, -0.2) is 0 Å². The van der Waals surface area contributed by atoms with Gasteiger partial charge in [-0.15, -0.1) is 0 Å². The second-order valence-electron chi connectivity index (χ2n) is 14.3. The minimum Gasteiger partial charge on any atom is -0.192 e. The maximum absolute atomic E-state index is 9.96. The molecule has 0 radical (unpaired) electrons. The highest BCUT2D eigenvalue weighted by atomic mass is 14.3. The van der Waals surface area contributed by atoms with Gasteiger partial charge in [-0.05, 0) is 131 Å². The monoisotopic (exact) mass is 736 g/mol. The summed E-state index contributed by atoms with van der Waals surface area (Å²) < 4.78 is 0. The molecule has 0 spiro atoms. The van der Waals surface area contributed by atoms with Crippen LogP contribution in [0.3, 0.4) is 0 Å². The van der Waals surface area contributed by atoms with Gasteiger partial charge in [-0.2, -0.15) is 10.5 Å². The summed E-state index contributed by atoms with van der Waals surface area (Å²) in [5, 5.41) is 19.7. The van der Waals surface area contributed by atoms with Crippen molar-refractivity contribution in [3.8, 4) is 101 Å². The maximum atomic E-state index is 9.96. The first-order valence-corrected chi connectivity index (χ1v) is 19.4. The molecule has 0 unspecified atom stereocenters. The Morgan fingerprint density at radius 1 is 0.207 bits per heavy atom. The predicted octanol–water partition coefficient (Wildman–Crippen LogP) is 14.8. The molecular weight excluding hydrogens is 701 g/mol. The van der Waals surface area contributed by atoms with E-state index >= 15 is 0 Å². The standard InChI is InChI=1S/C56H36N2/c57-37-39-28-30-53(55(32-39)42-16-5-2-6-17-42)52-27-10-8-25-50(52)47-22-12-20-45(35-47)43-18-11-19-44(34-43)46-21-13-23-48(36-46)56-33-40(38-58)29-31-54(56)51-26-9-7-24-49(51)41-14-3-1-4-15-41/h1-36H. The molecule has 0 aliphatic heterocycles. The van der Waals surface area contributed by atoms with E-state index in [0.717, 1.165) is 89.0 Å². The van der Waals surface area contributed by atoms with Crippen LogP contribution in [-0.2, 0) is 0 Å². The number of hydrogen-bond donors (Lipinski definition) is 0. The van der Waals surface area contributed by atoms with Gasteiger partial charge in [-0.25, -0.2) is 0 Å². The molecule has 9 aromatic carbocycles. The first kappa shape index (κ1) is 35.6. The minimum atomic E-state index is 0.625. The SMILES string of the molecule is N#Cc1ccc(-c2ccccc2-c2cccc(-c3cccc(-c4cccc(-c5cc(C#N)ccc5-c5ccccc5-c5ccccc5)c4)c3)c2)c(-c2ccccc2)c1. The van der Waals surface area contributed by atoms with Crippen molar-refractivity contribution in [2.45, 2.75) is 0 Å². The van der Waals surface area contributed by atoms with E-state index in [-0.39, 0.29) is 0 Å². The summed E-state index contributed by atoms with van der Waals surface area (Å²) in [5.41, 5.74) is 18.8. The van der Waals surface area contributed by atoms with Crippen LogP contribution in [0.5, 0.6) is 0 Å². The van der Waals surface area contributed by atoms with Crippen molar-refractivity contribution in [3.63, 3.8) is 0 Å². The second-order valence-corrected chi connectivity index (χ2v) is 14.3. The fourth-order valence-corrected chi connectivity index (χ4v) is 7.96. The van der Waals surface area contributed by atoms with Gasteiger partial charge in [0.2, 0.25) is 0 Å². The Hall–Kier alpha value is -8.04. The molecule has 0 N–H and O–H groups in total. The fraction of sp³-hybridized carbons (Fsp3) is 0. The largest absolute Gasteiger partial charge is 0.192 e. The van der Waals surface area contributed by atoms with Crippen LogP contribution in [0.4, 0.5) is 0 Å². The van der Waals surface area contributed by atoms with Gasteiger partial charge < -0.3 is 0 Å². The molecule has 0 aliphatic carbocycles. The molecule has 9 rings (SSSR count). The molecule has 0 atom stereocenters. The predicted molar refractivity (Wildman–Crippen MR) is 239 cm³/mol. The average molecular weight is 737 g/mol. The molecule has 0 amide bonds. The van der Waals surface area contributed by atoms with Crippen molar-refractivity contribution < 1.29 is 0 Å². The summed E-state index contributed by atoms with van der Waals surface area (Å²) in [6.45, 7) is 0. The Labute approximate surface area is 339 Å². The minimum absolute atomic E-state index is 0.625. The van der Waals surface area contributed by atoms with Crippen LogP contribution in [0.15, 0.2) is 218 Å². The topological polar surface area (TPSA) is 47.6 Å². The van der Waals surface area contributed by atoms with Gasteiger partial charge in [-0.1, -0.05) is 176 Å². The third-order valence-electron chi connectivity index (χ3n) is 10.8. The Balaban J connectivity index is 1.09. The Bertz CT molecular complexity index is 3020. The molecular formula is C56H36N2. The van der Waals surface area contributed by atoms with Gasteiger partial charge in [-0.3, -0.25) is 0 Å². The molecule has 0 saturated carbocycles. The van der Waals surface area contributed by atoms with E-state index in [4.69, 9.17) is 0 Å². The van der Waals surface area contributed by atoms with Gasteiger partial charge in [0.05, 0.1) is 23.3 Å². The van der Waals surface area contributed by atoms with Crippen LogP contribution >= 0.6 is 0 Å². The molecule has 0 fully saturated rings. The summed E-state index contributed by atoms with van der Waals surface area (Å²) in [6, 6.07) is 80.5. The van der Waals surface area contributed by atoms with Gasteiger partial charge in [0, 0.05) is 0 Å². The molecule has 270 valence electrons. The molecule has 0 aliphatic rings. The fourth-order valence-electron chi connectivity index (χ4n) is 7.96. The lowest BCUT2D eigenvalue weighted by Gasteiger charge is -2.16. The highest BCUT2D eigenvalue weighted by Gasteiger charge is 2.16. The van der Waals surface area contributed by atoms with Gasteiger partial charge in [0.25, 0.3) is 0 Å². The van der Waals surface area contributed by atoms with Crippen LogP contribution in [0.2, 0.25) is 0 Å². The van der Waals surface area contributed by atoms with Crippen molar-refractivity contribution in [1.82, 2.24) is 0 Å². The number of benzene rings is 9. The van der Waals surface area contributed by atoms with E-state index in [2.05, 4.69) is 182 Å². The highest BCUT2D eigenvalue weighted by molar-refractivity contribution is 5.94. The lowest BCUT2D eigenvalue weighted by molar-refractivity contribution is 1.47. The highest BCUT2D eigenvalue weighted by Crippen LogP contribution is 2.42. The molecule has 58 heavy (non-hydrogen) atoms. The molecule has 2 heteroatoms. The first-order valence-electron chi connectivity index (χ1n) is 19.4. The molecule has 9 aromatic rings. The lowest BCUT2D eigenvalue weighted by atomic mass is 9.87. The van der Waals surface area contributed by atoms with Gasteiger partial charge in [0.1, 0.15) is 0 Å². The Morgan fingerprint density at radius 3 is 0.948 bits per heavy atom. The van der Waals surface area contributed by atoms with Crippen LogP contribution in [0.25, 0.3) is 89.0 Å². The molecule has 0 heterocycles. The van der Waals surface area contributed by atoms with Crippen molar-refractivity contribution in [1.29, 1.82) is 10.5 Å². The lowest BCUT2D eigenvalue weighted by Crippen LogP contribution is -1.91. The van der Waals surface area contributed by atoms with Crippen LogP contribution < -0.4 is 0 Å². The van der Waals surface area contributed by atoms with E-state index in [0.29, 0.717) is 11.1 Å². The molecule has 0 saturated heterocycles. The first-order chi connectivity index (χ1) is 28.7. The van der Waals surface area contributed by atoms with Crippen molar-refractivity contribution in [2.75, 3.05) is 0 Å². The normalized spacial score (nSPS) is 10.7. The summed E-state index contributed by atoms with van der Waals surface area (Å²) >= 11 is 0. The van der Waals surface area contributed by atoms with E-state index < -0.39 is 0 Å². The zero-order chi connectivity index (χ0) is 39.3. The molecule has 0 bridgehead atoms. The quantitative estimate of drug-likeness (QED) is 0.156. The van der Waals surface area contributed by atoms with E-state index in [1.165, 1.54) is 0 Å². The number of nitrogens with zero attached hydrogens (tertiary/aromatic N) is 2. The number of nitriles is 2. The Morgan fingerprint density at radius 2 is 0.500 bits per heavy atom. The number of rotatable bonds is 8. The third-order valence-corrected chi connectivity index (χ3v) is 10.8. The third kappa shape index (κ3) is 7.11. The zero-order valence-electron chi connectivity index (χ0n) is 31.7. The van der Waals surface area contributed by atoms with Gasteiger partial charge in [0.15, 0.2) is 0 Å². The van der Waals surface area contributed by atoms with Crippen molar-refractivity contribution in [2.24, 2.45) is 0 Å². The average Bonchev–Trinajstić information content (AvgIpc) is 3.32. The molecule has 2 nitrogen and oxygen atoms in total. The smallest absolute Gasteiger partial charge is 0.0991 e. The second kappa shape index (κ2) is 16.0. The summed E-state index contributed by atoms with van der Waals surface area (Å²) in [7, 11) is 0. The van der Waals surface area contributed by atoms with E-state index in [1.54, 1.807) is 0 Å².